The summed E-state index contributed by atoms with van der Waals surface area (Å²) >= 11 is 1.49. The minimum Gasteiger partial charge on any atom is -0.481 e. The number of carboxylic acid groups (broad SMARTS) is 1. The fraction of sp³-hybridized carbons (Fsp3) is 0.273. The molecule has 0 aliphatic heterocycles. The van der Waals surface area contributed by atoms with Gasteiger partial charge >= 0.3 is 5.97 Å². The van der Waals surface area contributed by atoms with Crippen LogP contribution in [-0.2, 0) is 11.2 Å². The zero-order chi connectivity index (χ0) is 11.5. The number of hydrogen-bond acceptors (Lipinski definition) is 4. The summed E-state index contributed by atoms with van der Waals surface area (Å²) in [4.78, 5) is 15.9. The zero-order valence-corrected chi connectivity index (χ0v) is 9.58. The van der Waals surface area contributed by atoms with E-state index in [9.17, 15) is 4.79 Å². The van der Waals surface area contributed by atoms with Gasteiger partial charge in [0.15, 0.2) is 10.8 Å². The van der Waals surface area contributed by atoms with Crippen LogP contribution in [0.1, 0.15) is 17.0 Å². The first-order valence-electron chi connectivity index (χ1n) is 4.89. The summed E-state index contributed by atoms with van der Waals surface area (Å²) < 4.78 is 5.25. The fourth-order valence-corrected chi connectivity index (χ4v) is 2.42. The van der Waals surface area contributed by atoms with Gasteiger partial charge in [0.1, 0.15) is 0 Å². The molecular formula is C11H11NO3S. The van der Waals surface area contributed by atoms with Crippen molar-refractivity contribution in [2.45, 2.75) is 19.8 Å². The van der Waals surface area contributed by atoms with Crippen molar-refractivity contribution < 1.29 is 14.3 Å². The summed E-state index contributed by atoms with van der Waals surface area (Å²) in [5, 5.41) is 9.43. The highest BCUT2D eigenvalue weighted by molar-refractivity contribution is 7.15. The third-order valence-corrected chi connectivity index (χ3v) is 3.42. The van der Waals surface area contributed by atoms with Crippen LogP contribution in [0.5, 0.6) is 0 Å². The number of rotatable bonds is 4. The summed E-state index contributed by atoms with van der Waals surface area (Å²) in [7, 11) is 0. The van der Waals surface area contributed by atoms with Crippen LogP contribution in [0, 0.1) is 6.92 Å². The Hall–Kier alpha value is -1.62. The van der Waals surface area contributed by atoms with Gasteiger partial charge in [-0.2, -0.15) is 0 Å². The van der Waals surface area contributed by atoms with E-state index < -0.39 is 5.97 Å². The first-order chi connectivity index (χ1) is 7.66. The van der Waals surface area contributed by atoms with Gasteiger partial charge in [0.05, 0.1) is 18.4 Å². The van der Waals surface area contributed by atoms with Crippen LogP contribution in [0.3, 0.4) is 0 Å². The number of thiazole rings is 1. The van der Waals surface area contributed by atoms with Crippen LogP contribution >= 0.6 is 11.3 Å². The second-order valence-corrected chi connectivity index (χ2v) is 4.48. The molecule has 0 atom stereocenters. The Balaban J connectivity index is 2.19. The van der Waals surface area contributed by atoms with Crippen molar-refractivity contribution in [3.8, 4) is 10.8 Å². The molecule has 0 saturated carbocycles. The van der Waals surface area contributed by atoms with Gasteiger partial charge in [-0.05, 0) is 25.5 Å². The second kappa shape index (κ2) is 4.49. The maximum Gasteiger partial charge on any atom is 0.303 e. The number of aryl methyl sites for hydroxylation is 2. The first-order valence-corrected chi connectivity index (χ1v) is 5.70. The lowest BCUT2D eigenvalue weighted by Gasteiger charge is -1.92. The highest BCUT2D eigenvalue weighted by atomic mass is 32.1. The van der Waals surface area contributed by atoms with E-state index in [2.05, 4.69) is 4.98 Å². The molecule has 4 nitrogen and oxygen atoms in total. The van der Waals surface area contributed by atoms with Gasteiger partial charge in [-0.1, -0.05) is 0 Å². The van der Waals surface area contributed by atoms with Gasteiger partial charge in [0, 0.05) is 4.88 Å². The number of hydrogen-bond donors (Lipinski definition) is 1. The molecule has 2 aromatic rings. The number of carboxylic acids is 1. The molecule has 5 heteroatoms. The van der Waals surface area contributed by atoms with Crippen LogP contribution in [0.4, 0.5) is 0 Å². The highest BCUT2D eigenvalue weighted by Gasteiger charge is 2.12. The summed E-state index contributed by atoms with van der Waals surface area (Å²) in [5.41, 5.74) is 0.887. The maximum atomic E-state index is 10.5. The van der Waals surface area contributed by atoms with Gasteiger partial charge in [-0.15, -0.1) is 11.3 Å². The van der Waals surface area contributed by atoms with Crippen LogP contribution in [0.15, 0.2) is 22.8 Å². The smallest absolute Gasteiger partial charge is 0.303 e. The highest BCUT2D eigenvalue weighted by Crippen LogP contribution is 2.28. The van der Waals surface area contributed by atoms with Gasteiger partial charge in [-0.25, -0.2) is 4.98 Å². The van der Waals surface area contributed by atoms with Crippen LogP contribution in [0.2, 0.25) is 0 Å². The van der Waals surface area contributed by atoms with Crippen LogP contribution in [-0.4, -0.2) is 16.1 Å². The predicted molar refractivity (Wildman–Crippen MR) is 60.5 cm³/mol. The maximum absolute atomic E-state index is 10.5. The van der Waals surface area contributed by atoms with Crippen LogP contribution in [0.25, 0.3) is 10.8 Å². The summed E-state index contributed by atoms with van der Waals surface area (Å²) in [6.45, 7) is 1.89. The van der Waals surface area contributed by atoms with Crippen molar-refractivity contribution in [1.82, 2.24) is 4.98 Å². The summed E-state index contributed by atoms with van der Waals surface area (Å²) in [6.07, 6.45) is 2.27. The monoisotopic (exact) mass is 237 g/mol. The number of furan rings is 1. The molecule has 0 fully saturated rings. The van der Waals surface area contributed by atoms with Crippen LogP contribution < -0.4 is 0 Å². The summed E-state index contributed by atoms with van der Waals surface area (Å²) in [5.74, 6) is -0.0537. The molecule has 0 aliphatic carbocycles. The number of aliphatic carboxylic acids is 1. The fourth-order valence-electron chi connectivity index (χ4n) is 1.39. The molecule has 2 aromatic heterocycles. The molecule has 16 heavy (non-hydrogen) atoms. The van der Waals surface area contributed by atoms with Crippen molar-refractivity contribution in [2.24, 2.45) is 0 Å². The average Bonchev–Trinajstić information content (AvgIpc) is 2.83. The molecule has 0 spiro atoms. The SMILES string of the molecule is Cc1nc(-c2ccco2)sc1CCC(=O)O. The van der Waals surface area contributed by atoms with E-state index in [0.717, 1.165) is 21.3 Å². The number of nitrogens with zero attached hydrogens (tertiary/aromatic N) is 1. The van der Waals surface area contributed by atoms with E-state index in [1.807, 2.05) is 19.1 Å². The quantitative estimate of drug-likeness (QED) is 0.888. The molecule has 84 valence electrons. The minimum atomic E-state index is -0.785. The van der Waals surface area contributed by atoms with E-state index in [1.165, 1.54) is 11.3 Å². The van der Waals surface area contributed by atoms with Gasteiger partial charge < -0.3 is 9.52 Å². The van der Waals surface area contributed by atoms with Crippen molar-refractivity contribution in [3.05, 3.63) is 29.0 Å². The zero-order valence-electron chi connectivity index (χ0n) is 8.77. The molecule has 0 unspecified atom stereocenters. The third-order valence-electron chi connectivity index (χ3n) is 2.19. The molecule has 2 heterocycles. The molecule has 0 radical (unpaired) electrons. The second-order valence-electron chi connectivity index (χ2n) is 3.40. The largest absolute Gasteiger partial charge is 0.481 e. The number of carbonyl (C=O) groups is 1. The van der Waals surface area contributed by atoms with E-state index in [0.29, 0.717) is 6.42 Å². The Labute approximate surface area is 96.6 Å². The van der Waals surface area contributed by atoms with E-state index in [-0.39, 0.29) is 6.42 Å². The first kappa shape index (κ1) is 10.9. The van der Waals surface area contributed by atoms with Gasteiger partial charge in [-0.3, -0.25) is 4.79 Å². The summed E-state index contributed by atoms with van der Waals surface area (Å²) in [6, 6.07) is 3.65. The average molecular weight is 237 g/mol. The molecule has 0 aliphatic rings. The molecule has 1 N–H and O–H groups in total. The van der Waals surface area contributed by atoms with E-state index >= 15 is 0 Å². The topological polar surface area (TPSA) is 63.3 Å². The minimum absolute atomic E-state index is 0.140. The van der Waals surface area contributed by atoms with E-state index in [4.69, 9.17) is 9.52 Å². The van der Waals surface area contributed by atoms with Crippen molar-refractivity contribution in [2.75, 3.05) is 0 Å². The Morgan fingerprint density at radius 1 is 1.62 bits per heavy atom. The van der Waals surface area contributed by atoms with Crippen molar-refractivity contribution in [1.29, 1.82) is 0 Å². The number of aromatic nitrogens is 1. The molecule has 0 aromatic carbocycles. The van der Waals surface area contributed by atoms with Crippen molar-refractivity contribution >= 4 is 17.3 Å². The Bertz CT molecular complexity index is 487. The predicted octanol–water partition coefficient (Wildman–Crippen LogP) is 2.73. The Kier molecular flexibility index (Phi) is 3.05. The normalized spacial score (nSPS) is 10.6. The molecule has 0 saturated heterocycles. The van der Waals surface area contributed by atoms with E-state index in [1.54, 1.807) is 6.26 Å². The van der Waals surface area contributed by atoms with Gasteiger partial charge in [0.25, 0.3) is 0 Å². The molecule has 2 rings (SSSR count). The molecular weight excluding hydrogens is 226 g/mol. The van der Waals surface area contributed by atoms with Crippen molar-refractivity contribution in [3.63, 3.8) is 0 Å². The Morgan fingerprint density at radius 3 is 3.06 bits per heavy atom. The molecule has 0 amide bonds. The third kappa shape index (κ3) is 2.30. The standard InChI is InChI=1S/C11H11NO3S/c1-7-9(4-5-10(13)14)16-11(12-7)8-3-2-6-15-8/h2-3,6H,4-5H2,1H3,(H,13,14). The lowest BCUT2D eigenvalue weighted by atomic mass is 10.2. The van der Waals surface area contributed by atoms with Gasteiger partial charge in [0.2, 0.25) is 0 Å². The molecule has 0 bridgehead atoms. The lowest BCUT2D eigenvalue weighted by Crippen LogP contribution is -1.96. The Morgan fingerprint density at radius 2 is 2.44 bits per heavy atom. The lowest BCUT2D eigenvalue weighted by molar-refractivity contribution is -0.136.